The average molecular weight is 318 g/mol. The molecule has 22 heavy (non-hydrogen) atoms. The van der Waals surface area contributed by atoms with Crippen LogP contribution in [-0.4, -0.2) is 28.6 Å². The lowest BCUT2D eigenvalue weighted by atomic mass is 10.1. The molecule has 0 spiro atoms. The van der Waals surface area contributed by atoms with Crippen molar-refractivity contribution < 1.29 is 9.90 Å². The Morgan fingerprint density at radius 1 is 1.36 bits per heavy atom. The minimum atomic E-state index is -0.512. The maximum absolute atomic E-state index is 12.2. The fourth-order valence-electron chi connectivity index (χ4n) is 2.31. The zero-order valence-corrected chi connectivity index (χ0v) is 14.0. The Labute approximate surface area is 135 Å². The van der Waals surface area contributed by atoms with Crippen molar-refractivity contribution in [3.05, 3.63) is 40.2 Å². The number of aliphatic hydroxyl groups excluding tert-OH is 1. The number of rotatable bonds is 6. The van der Waals surface area contributed by atoms with E-state index in [4.69, 9.17) is 0 Å². The molecule has 0 saturated carbocycles. The smallest absolute Gasteiger partial charge is 0.253 e. The van der Waals surface area contributed by atoms with E-state index in [1.54, 1.807) is 17.4 Å². The summed E-state index contributed by atoms with van der Waals surface area (Å²) in [5.74, 6) is 0.213. The minimum absolute atomic E-state index is 0.190. The van der Waals surface area contributed by atoms with Crippen molar-refractivity contribution in [1.82, 2.24) is 10.3 Å². The Hall–Kier alpha value is -1.72. The van der Waals surface area contributed by atoms with Crippen molar-refractivity contribution in [2.45, 2.75) is 33.3 Å². The fourth-order valence-corrected chi connectivity index (χ4v) is 2.95. The summed E-state index contributed by atoms with van der Waals surface area (Å²) in [5.41, 5.74) is 3.18. The number of amides is 1. The van der Waals surface area contributed by atoms with Gasteiger partial charge in [0.2, 0.25) is 0 Å². The number of hydrogen-bond donors (Lipinski definition) is 2. The molecular formula is C17H22N2O2S. The largest absolute Gasteiger partial charge is 0.391 e. The van der Waals surface area contributed by atoms with Crippen LogP contribution in [0, 0.1) is 12.8 Å². The van der Waals surface area contributed by atoms with Gasteiger partial charge in [-0.2, -0.15) is 11.3 Å². The predicted octanol–water partition coefficient (Wildman–Crippen LogP) is 3.26. The molecule has 0 bridgehead atoms. The topological polar surface area (TPSA) is 62.2 Å². The standard InChI is InChI=1S/C17H22N2O2S/c1-11(2)8-14(20)9-18-17(21)15-4-5-16(19-12(15)3)13-6-7-22-10-13/h4-7,10-11,14,20H,8-9H2,1-3H3,(H,18,21). The number of nitrogens with zero attached hydrogens (tertiary/aromatic N) is 1. The molecule has 0 radical (unpaired) electrons. The first kappa shape index (κ1) is 16.6. The third-order valence-electron chi connectivity index (χ3n) is 3.39. The third kappa shape index (κ3) is 4.39. The Morgan fingerprint density at radius 2 is 2.14 bits per heavy atom. The molecule has 0 aromatic carbocycles. The van der Waals surface area contributed by atoms with E-state index in [9.17, 15) is 9.90 Å². The van der Waals surface area contributed by atoms with Gasteiger partial charge in [-0.05, 0) is 42.8 Å². The molecule has 0 aliphatic carbocycles. The van der Waals surface area contributed by atoms with Crippen LogP contribution < -0.4 is 5.32 Å². The lowest BCUT2D eigenvalue weighted by molar-refractivity contribution is 0.0899. The molecule has 2 aromatic heterocycles. The zero-order chi connectivity index (χ0) is 16.1. The summed E-state index contributed by atoms with van der Waals surface area (Å²) < 4.78 is 0. The van der Waals surface area contributed by atoms with Crippen LogP contribution in [0.4, 0.5) is 0 Å². The first-order valence-electron chi connectivity index (χ1n) is 7.44. The van der Waals surface area contributed by atoms with Gasteiger partial charge in [0.15, 0.2) is 0 Å². The monoisotopic (exact) mass is 318 g/mol. The number of aryl methyl sites for hydroxylation is 1. The van der Waals surface area contributed by atoms with Crippen LogP contribution in [-0.2, 0) is 0 Å². The minimum Gasteiger partial charge on any atom is -0.391 e. The summed E-state index contributed by atoms with van der Waals surface area (Å²) in [6.07, 6.45) is 0.163. The molecule has 0 saturated heterocycles. The first-order chi connectivity index (χ1) is 10.5. The van der Waals surface area contributed by atoms with Gasteiger partial charge in [0, 0.05) is 17.5 Å². The fraction of sp³-hybridized carbons (Fsp3) is 0.412. The number of thiophene rings is 1. The molecule has 2 N–H and O–H groups in total. The zero-order valence-electron chi connectivity index (χ0n) is 13.2. The number of hydrogen-bond acceptors (Lipinski definition) is 4. The number of aromatic nitrogens is 1. The highest BCUT2D eigenvalue weighted by Gasteiger charge is 2.13. The molecule has 118 valence electrons. The maximum Gasteiger partial charge on any atom is 0.253 e. The van der Waals surface area contributed by atoms with Crippen LogP contribution in [0.25, 0.3) is 11.3 Å². The average Bonchev–Trinajstić information content (AvgIpc) is 2.98. The van der Waals surface area contributed by atoms with Crippen LogP contribution in [0.15, 0.2) is 29.0 Å². The van der Waals surface area contributed by atoms with Gasteiger partial charge in [-0.1, -0.05) is 13.8 Å². The molecule has 1 unspecified atom stereocenters. The van der Waals surface area contributed by atoms with Gasteiger partial charge >= 0.3 is 0 Å². The Morgan fingerprint density at radius 3 is 2.73 bits per heavy atom. The SMILES string of the molecule is Cc1nc(-c2ccsc2)ccc1C(=O)NCC(O)CC(C)C. The molecule has 0 aliphatic rings. The van der Waals surface area contributed by atoms with Crippen molar-refractivity contribution in [3.8, 4) is 11.3 Å². The molecule has 0 aliphatic heterocycles. The normalized spacial score (nSPS) is 12.4. The van der Waals surface area contributed by atoms with E-state index < -0.39 is 6.10 Å². The highest BCUT2D eigenvalue weighted by atomic mass is 32.1. The van der Waals surface area contributed by atoms with Crippen molar-refractivity contribution in [2.24, 2.45) is 5.92 Å². The van der Waals surface area contributed by atoms with Gasteiger partial charge in [0.1, 0.15) is 0 Å². The van der Waals surface area contributed by atoms with E-state index in [-0.39, 0.29) is 12.5 Å². The number of carbonyl (C=O) groups excluding carboxylic acids is 1. The van der Waals surface area contributed by atoms with Crippen LogP contribution in [0.5, 0.6) is 0 Å². The third-order valence-corrected chi connectivity index (χ3v) is 4.07. The van der Waals surface area contributed by atoms with Gasteiger partial charge in [-0.3, -0.25) is 9.78 Å². The summed E-state index contributed by atoms with van der Waals surface area (Å²) in [6.45, 7) is 6.18. The van der Waals surface area contributed by atoms with Crippen molar-refractivity contribution in [1.29, 1.82) is 0 Å². The molecule has 4 nitrogen and oxygen atoms in total. The van der Waals surface area contributed by atoms with Gasteiger partial charge in [0.25, 0.3) is 5.91 Å². The van der Waals surface area contributed by atoms with Crippen LogP contribution in [0.1, 0.15) is 36.3 Å². The van der Waals surface area contributed by atoms with Crippen molar-refractivity contribution in [3.63, 3.8) is 0 Å². The quantitative estimate of drug-likeness (QED) is 0.859. The van der Waals surface area contributed by atoms with Gasteiger partial charge < -0.3 is 10.4 Å². The maximum atomic E-state index is 12.2. The summed E-state index contributed by atoms with van der Waals surface area (Å²) in [7, 11) is 0. The molecule has 5 heteroatoms. The molecule has 2 aromatic rings. The van der Waals surface area contributed by atoms with E-state index in [0.29, 0.717) is 23.6 Å². The summed E-state index contributed by atoms with van der Waals surface area (Å²) >= 11 is 1.62. The van der Waals surface area contributed by atoms with E-state index in [0.717, 1.165) is 11.3 Å². The molecule has 0 fully saturated rings. The van der Waals surface area contributed by atoms with E-state index in [2.05, 4.69) is 10.3 Å². The van der Waals surface area contributed by atoms with E-state index >= 15 is 0 Å². The van der Waals surface area contributed by atoms with Gasteiger partial charge in [-0.25, -0.2) is 0 Å². The molecule has 1 atom stereocenters. The lowest BCUT2D eigenvalue weighted by Gasteiger charge is -2.14. The second kappa shape index (κ2) is 7.51. The lowest BCUT2D eigenvalue weighted by Crippen LogP contribution is -2.33. The van der Waals surface area contributed by atoms with E-state index in [1.807, 2.05) is 43.7 Å². The number of carbonyl (C=O) groups is 1. The Kier molecular flexibility index (Phi) is 5.69. The summed E-state index contributed by atoms with van der Waals surface area (Å²) in [6, 6.07) is 5.66. The van der Waals surface area contributed by atoms with Crippen molar-refractivity contribution >= 4 is 17.2 Å². The molecular weight excluding hydrogens is 296 g/mol. The van der Waals surface area contributed by atoms with Crippen LogP contribution in [0.2, 0.25) is 0 Å². The Bertz CT molecular complexity index is 624. The number of aliphatic hydroxyl groups is 1. The van der Waals surface area contributed by atoms with Gasteiger partial charge in [-0.15, -0.1) is 0 Å². The first-order valence-corrected chi connectivity index (χ1v) is 8.38. The predicted molar refractivity (Wildman–Crippen MR) is 90.1 cm³/mol. The molecule has 2 heterocycles. The van der Waals surface area contributed by atoms with Gasteiger partial charge in [0.05, 0.1) is 23.1 Å². The second-order valence-corrected chi connectivity index (χ2v) is 6.61. The van der Waals surface area contributed by atoms with Crippen molar-refractivity contribution in [2.75, 3.05) is 6.54 Å². The summed E-state index contributed by atoms with van der Waals surface area (Å²) in [4.78, 5) is 16.7. The highest BCUT2D eigenvalue weighted by Crippen LogP contribution is 2.21. The van der Waals surface area contributed by atoms with Crippen LogP contribution in [0.3, 0.4) is 0 Å². The number of nitrogens with one attached hydrogen (secondary N) is 1. The summed E-state index contributed by atoms with van der Waals surface area (Å²) in [5, 5.41) is 16.6. The highest BCUT2D eigenvalue weighted by molar-refractivity contribution is 7.08. The van der Waals surface area contributed by atoms with E-state index in [1.165, 1.54) is 0 Å². The number of pyridine rings is 1. The molecule has 2 rings (SSSR count). The Balaban J connectivity index is 2.01. The van der Waals surface area contributed by atoms with Crippen LogP contribution >= 0.6 is 11.3 Å². The molecule has 1 amide bonds. The second-order valence-electron chi connectivity index (χ2n) is 5.83.